The Labute approximate surface area is 192 Å². The van der Waals surface area contributed by atoms with Crippen molar-refractivity contribution in [3.8, 4) is 5.75 Å². The van der Waals surface area contributed by atoms with E-state index in [0.717, 1.165) is 30.0 Å². The Morgan fingerprint density at radius 2 is 1.67 bits per heavy atom. The number of anilines is 1. The predicted octanol–water partition coefficient (Wildman–Crippen LogP) is 3.38. The molecule has 1 aliphatic heterocycles. The second kappa shape index (κ2) is 10.2. The van der Waals surface area contributed by atoms with Gasteiger partial charge in [0.05, 0.1) is 11.3 Å². The summed E-state index contributed by atoms with van der Waals surface area (Å²) in [6, 6.07) is 16.9. The van der Waals surface area contributed by atoms with Gasteiger partial charge in [0.1, 0.15) is 23.7 Å². The molecule has 172 valence electrons. The summed E-state index contributed by atoms with van der Waals surface area (Å²) in [4.78, 5) is 29.2. The maximum absolute atomic E-state index is 12.7. The highest BCUT2D eigenvalue weighted by molar-refractivity contribution is 5.94. The lowest BCUT2D eigenvalue weighted by Crippen LogP contribution is -2.49. The van der Waals surface area contributed by atoms with Crippen molar-refractivity contribution in [3.63, 3.8) is 0 Å². The number of ether oxygens (including phenoxy) is 2. The van der Waals surface area contributed by atoms with E-state index in [0.29, 0.717) is 24.6 Å². The van der Waals surface area contributed by atoms with Crippen molar-refractivity contribution in [1.29, 1.82) is 0 Å². The lowest BCUT2D eigenvalue weighted by atomic mass is 10.2. The van der Waals surface area contributed by atoms with Crippen molar-refractivity contribution in [2.75, 3.05) is 37.7 Å². The summed E-state index contributed by atoms with van der Waals surface area (Å²) in [6.45, 7) is 6.21. The monoisotopic (exact) mass is 449 g/mol. The number of carbonyl (C=O) groups excluding carboxylic acids is 2. The van der Waals surface area contributed by atoms with Crippen LogP contribution in [0.25, 0.3) is 0 Å². The number of hydrogen-bond donors (Lipinski definition) is 0. The van der Waals surface area contributed by atoms with Crippen molar-refractivity contribution in [2.45, 2.75) is 20.5 Å². The van der Waals surface area contributed by atoms with Crippen LogP contribution in [0.3, 0.4) is 0 Å². The zero-order valence-electron chi connectivity index (χ0n) is 18.8. The van der Waals surface area contributed by atoms with E-state index in [9.17, 15) is 9.59 Å². The molecule has 0 unspecified atom stereocenters. The largest absolute Gasteiger partial charge is 0.488 e. The Hall–Kier alpha value is -3.81. The molecule has 8 heteroatoms. The Bertz CT molecular complexity index is 1080. The van der Waals surface area contributed by atoms with E-state index in [2.05, 4.69) is 22.2 Å². The van der Waals surface area contributed by atoms with Gasteiger partial charge in [-0.2, -0.15) is 0 Å². The van der Waals surface area contributed by atoms with Gasteiger partial charge in [-0.15, -0.1) is 0 Å². The van der Waals surface area contributed by atoms with Crippen LogP contribution in [0.15, 0.2) is 59.1 Å². The van der Waals surface area contributed by atoms with Crippen molar-refractivity contribution in [3.05, 3.63) is 77.2 Å². The van der Waals surface area contributed by atoms with Crippen LogP contribution >= 0.6 is 0 Å². The molecule has 0 aliphatic carbocycles. The summed E-state index contributed by atoms with van der Waals surface area (Å²) in [7, 11) is 0. The van der Waals surface area contributed by atoms with Crippen LogP contribution in [-0.4, -0.2) is 54.7 Å². The van der Waals surface area contributed by atoms with Gasteiger partial charge in [-0.1, -0.05) is 35.5 Å². The van der Waals surface area contributed by atoms with Gasteiger partial charge in [0, 0.05) is 31.9 Å². The summed E-state index contributed by atoms with van der Waals surface area (Å²) in [5.74, 6) is 0.253. The SMILES string of the molecule is Cc1noc(C)c1COc1ccccc1C(=O)OCC(=O)N1CCN(c2ccccc2)CC1. The number of aryl methyl sites for hydroxylation is 2. The number of hydrogen-bond acceptors (Lipinski definition) is 7. The molecule has 0 atom stereocenters. The fourth-order valence-corrected chi connectivity index (χ4v) is 3.77. The minimum absolute atomic E-state index is 0.204. The molecule has 1 saturated heterocycles. The van der Waals surface area contributed by atoms with Gasteiger partial charge in [0.2, 0.25) is 0 Å². The van der Waals surface area contributed by atoms with E-state index in [1.165, 1.54) is 0 Å². The molecule has 0 N–H and O–H groups in total. The minimum Gasteiger partial charge on any atom is -0.488 e. The highest BCUT2D eigenvalue weighted by Gasteiger charge is 2.23. The van der Waals surface area contributed by atoms with Crippen LogP contribution in [0, 0.1) is 13.8 Å². The second-order valence-electron chi connectivity index (χ2n) is 7.87. The maximum atomic E-state index is 12.7. The molecule has 1 aliphatic rings. The summed E-state index contributed by atoms with van der Waals surface area (Å²) < 4.78 is 16.3. The predicted molar refractivity (Wildman–Crippen MR) is 122 cm³/mol. The van der Waals surface area contributed by atoms with E-state index in [-0.39, 0.29) is 24.7 Å². The molecule has 2 aromatic carbocycles. The highest BCUT2D eigenvalue weighted by atomic mass is 16.5. The maximum Gasteiger partial charge on any atom is 0.342 e. The number of aromatic nitrogens is 1. The minimum atomic E-state index is -0.597. The molecule has 33 heavy (non-hydrogen) atoms. The zero-order chi connectivity index (χ0) is 23.2. The van der Waals surface area contributed by atoms with Gasteiger partial charge in [-0.05, 0) is 38.1 Å². The summed E-state index contributed by atoms with van der Waals surface area (Å²) in [5.41, 5.74) is 2.99. The molecule has 1 aromatic heterocycles. The van der Waals surface area contributed by atoms with Gasteiger partial charge < -0.3 is 23.8 Å². The fraction of sp³-hybridized carbons (Fsp3) is 0.320. The third-order valence-corrected chi connectivity index (χ3v) is 5.74. The first-order valence-corrected chi connectivity index (χ1v) is 10.9. The Kier molecular flexibility index (Phi) is 6.92. The fourth-order valence-electron chi connectivity index (χ4n) is 3.77. The lowest BCUT2D eigenvalue weighted by molar-refractivity contribution is -0.134. The molecule has 3 aromatic rings. The molecular weight excluding hydrogens is 422 g/mol. The average Bonchev–Trinajstić information content (AvgIpc) is 3.18. The molecule has 4 rings (SSSR count). The second-order valence-corrected chi connectivity index (χ2v) is 7.87. The van der Waals surface area contributed by atoms with E-state index in [4.69, 9.17) is 14.0 Å². The van der Waals surface area contributed by atoms with Gasteiger partial charge in [-0.25, -0.2) is 4.79 Å². The quantitative estimate of drug-likeness (QED) is 0.511. The Morgan fingerprint density at radius 1 is 0.970 bits per heavy atom. The number of carbonyl (C=O) groups is 2. The molecule has 0 bridgehead atoms. The average molecular weight is 450 g/mol. The first-order chi connectivity index (χ1) is 16.0. The molecule has 8 nitrogen and oxygen atoms in total. The zero-order valence-corrected chi connectivity index (χ0v) is 18.8. The highest BCUT2D eigenvalue weighted by Crippen LogP contribution is 2.22. The van der Waals surface area contributed by atoms with E-state index in [1.807, 2.05) is 32.0 Å². The van der Waals surface area contributed by atoms with Crippen LogP contribution in [0.4, 0.5) is 5.69 Å². The van der Waals surface area contributed by atoms with E-state index < -0.39 is 5.97 Å². The normalized spacial score (nSPS) is 13.6. The number of rotatable bonds is 7. The van der Waals surface area contributed by atoms with Crippen molar-refractivity contribution in [2.24, 2.45) is 0 Å². The van der Waals surface area contributed by atoms with Crippen LogP contribution < -0.4 is 9.64 Å². The molecule has 0 radical (unpaired) electrons. The summed E-state index contributed by atoms with van der Waals surface area (Å²) in [6.07, 6.45) is 0. The first kappa shape index (κ1) is 22.4. The van der Waals surface area contributed by atoms with Gasteiger partial charge in [-0.3, -0.25) is 4.79 Å². The third-order valence-electron chi connectivity index (χ3n) is 5.74. The first-order valence-electron chi connectivity index (χ1n) is 10.9. The lowest BCUT2D eigenvalue weighted by Gasteiger charge is -2.36. The summed E-state index contributed by atoms with van der Waals surface area (Å²) >= 11 is 0. The van der Waals surface area contributed by atoms with Crippen LogP contribution in [-0.2, 0) is 16.1 Å². The number of amides is 1. The summed E-state index contributed by atoms with van der Waals surface area (Å²) in [5, 5.41) is 3.91. The molecular formula is C25H27N3O5. The smallest absolute Gasteiger partial charge is 0.342 e. The number of benzene rings is 2. The molecule has 1 fully saturated rings. The van der Waals surface area contributed by atoms with Gasteiger partial charge in [0.15, 0.2) is 6.61 Å². The van der Waals surface area contributed by atoms with Crippen LogP contribution in [0.1, 0.15) is 27.4 Å². The van der Waals surface area contributed by atoms with E-state index in [1.54, 1.807) is 29.2 Å². The van der Waals surface area contributed by atoms with Crippen molar-refractivity contribution in [1.82, 2.24) is 10.1 Å². The third kappa shape index (κ3) is 5.34. The Morgan fingerprint density at radius 3 is 2.36 bits per heavy atom. The van der Waals surface area contributed by atoms with Gasteiger partial charge >= 0.3 is 5.97 Å². The topological polar surface area (TPSA) is 85.1 Å². The molecule has 0 saturated carbocycles. The molecule has 0 spiro atoms. The van der Waals surface area contributed by atoms with Gasteiger partial charge in [0.25, 0.3) is 5.91 Å². The number of nitrogens with zero attached hydrogens (tertiary/aromatic N) is 3. The Balaban J connectivity index is 1.30. The number of piperazine rings is 1. The number of esters is 1. The molecule has 2 heterocycles. The standard InChI is InChI=1S/C25H27N3O5/c1-18-22(19(2)33-26-18)16-31-23-11-7-6-10-21(23)25(30)32-17-24(29)28-14-12-27(13-15-28)20-8-4-3-5-9-20/h3-11H,12-17H2,1-2H3. The van der Waals surface area contributed by atoms with Crippen LogP contribution in [0.2, 0.25) is 0 Å². The van der Waals surface area contributed by atoms with E-state index >= 15 is 0 Å². The van der Waals surface area contributed by atoms with Crippen molar-refractivity contribution >= 4 is 17.6 Å². The van der Waals surface area contributed by atoms with Crippen LogP contribution in [0.5, 0.6) is 5.75 Å². The molecule has 1 amide bonds. The number of para-hydroxylation sites is 2. The van der Waals surface area contributed by atoms with Crippen molar-refractivity contribution < 1.29 is 23.6 Å².